The van der Waals surface area contributed by atoms with Gasteiger partial charge in [-0.2, -0.15) is 0 Å². The molecule has 206 valence electrons. The number of carbonyl (C=O) groups is 1. The number of carbonyl (C=O) groups excluding carboxylic acids is 1. The van der Waals surface area contributed by atoms with E-state index in [0.29, 0.717) is 11.8 Å². The highest BCUT2D eigenvalue weighted by Gasteiger charge is 2.31. The third-order valence-electron chi connectivity index (χ3n) is 7.12. The van der Waals surface area contributed by atoms with Crippen molar-refractivity contribution < 1.29 is 9.53 Å². The van der Waals surface area contributed by atoms with Gasteiger partial charge in [-0.05, 0) is 36.4 Å². The highest BCUT2D eigenvalue weighted by atomic mass is 32.2. The van der Waals surface area contributed by atoms with Crippen LogP contribution in [0.5, 0.6) is 0 Å². The van der Waals surface area contributed by atoms with Gasteiger partial charge in [-0.3, -0.25) is 4.79 Å². The number of amides is 1. The van der Waals surface area contributed by atoms with Crippen molar-refractivity contribution in [3.63, 3.8) is 0 Å². The predicted octanol–water partition coefficient (Wildman–Crippen LogP) is 7.37. The molecule has 1 amide bonds. The predicted molar refractivity (Wildman–Crippen MR) is 168 cm³/mol. The van der Waals surface area contributed by atoms with Gasteiger partial charge in [0.05, 0.1) is 23.3 Å². The number of benzene rings is 3. The fraction of sp³-hybridized carbons (Fsp3) is 0.226. The molecule has 0 unspecified atom stereocenters. The average molecular weight is 598 g/mol. The molecule has 0 saturated heterocycles. The first-order chi connectivity index (χ1) is 19.9. The summed E-state index contributed by atoms with van der Waals surface area (Å²) in [4.78, 5) is 20.4. The molecule has 1 N–H and O–H groups in total. The Morgan fingerprint density at radius 1 is 1.00 bits per heavy atom. The molecule has 0 saturated carbocycles. The highest BCUT2D eigenvalue weighted by Crippen LogP contribution is 2.41. The SMILES string of the molecule is CC1(C)Cc2c(sc3nc(SCc4ccccc4)n4c(SCC(=O)Nc5cccc6ccccc56)nnc4c23)CO1. The number of thiophene rings is 1. The lowest BCUT2D eigenvalue weighted by Crippen LogP contribution is -2.31. The molecule has 6 aromatic rings. The zero-order valence-corrected chi connectivity index (χ0v) is 25.0. The summed E-state index contributed by atoms with van der Waals surface area (Å²) < 4.78 is 8.13. The second kappa shape index (κ2) is 10.8. The minimum atomic E-state index is -0.254. The number of ether oxygens (including phenoxy) is 1. The molecule has 0 bridgehead atoms. The van der Waals surface area contributed by atoms with E-state index < -0.39 is 0 Å². The van der Waals surface area contributed by atoms with E-state index in [1.54, 1.807) is 23.1 Å². The lowest BCUT2D eigenvalue weighted by atomic mass is 9.94. The minimum absolute atomic E-state index is 0.0950. The topological polar surface area (TPSA) is 81.4 Å². The number of fused-ring (bicyclic) bond motifs is 6. The van der Waals surface area contributed by atoms with Gasteiger partial charge in [-0.25, -0.2) is 9.38 Å². The van der Waals surface area contributed by atoms with Crippen LogP contribution in [0, 0.1) is 0 Å². The summed E-state index contributed by atoms with van der Waals surface area (Å²) in [6.45, 7) is 4.81. The van der Waals surface area contributed by atoms with E-state index in [-0.39, 0.29) is 17.3 Å². The van der Waals surface area contributed by atoms with Gasteiger partial charge in [-0.15, -0.1) is 21.5 Å². The number of nitrogens with zero attached hydrogens (tertiary/aromatic N) is 4. The standard InChI is InChI=1S/C31H27N5O2S3/c1-31(2)15-22-24(16-38-31)41-28-26(22)27-34-35-30(36(27)29(33-28)39-17-19-9-4-3-5-10-19)40-18-25(37)32-23-14-8-12-20-11-6-7-13-21(20)23/h3-14H,15-18H2,1-2H3,(H,32,37). The van der Waals surface area contributed by atoms with Crippen LogP contribution in [0.1, 0.15) is 29.9 Å². The minimum Gasteiger partial charge on any atom is -0.370 e. The zero-order chi connectivity index (χ0) is 28.0. The van der Waals surface area contributed by atoms with Crippen molar-refractivity contribution in [3.05, 3.63) is 88.8 Å². The van der Waals surface area contributed by atoms with Crippen LogP contribution in [0.2, 0.25) is 0 Å². The Hall–Kier alpha value is -3.44. The number of thioether (sulfide) groups is 2. The van der Waals surface area contributed by atoms with Gasteiger partial charge in [0.1, 0.15) is 4.83 Å². The molecule has 1 aliphatic rings. The number of aromatic nitrogens is 4. The second-order valence-electron chi connectivity index (χ2n) is 10.6. The highest BCUT2D eigenvalue weighted by molar-refractivity contribution is 8.00. The summed E-state index contributed by atoms with van der Waals surface area (Å²) in [7, 11) is 0. The van der Waals surface area contributed by atoms with Crippen LogP contribution in [0.25, 0.3) is 26.6 Å². The molecule has 7 rings (SSSR count). The van der Waals surface area contributed by atoms with Crippen molar-refractivity contribution in [2.45, 2.75) is 48.5 Å². The fourth-order valence-electron chi connectivity index (χ4n) is 5.15. The van der Waals surface area contributed by atoms with E-state index in [2.05, 4.69) is 41.5 Å². The van der Waals surface area contributed by atoms with Crippen LogP contribution < -0.4 is 5.32 Å². The van der Waals surface area contributed by atoms with E-state index in [4.69, 9.17) is 9.72 Å². The summed E-state index contributed by atoms with van der Waals surface area (Å²) in [5, 5.41) is 16.9. The van der Waals surface area contributed by atoms with Gasteiger partial charge < -0.3 is 10.1 Å². The lowest BCUT2D eigenvalue weighted by molar-refractivity contribution is -0.113. The molecule has 7 nitrogen and oxygen atoms in total. The molecule has 3 aromatic heterocycles. The molecule has 3 aromatic carbocycles. The number of hydrogen-bond donors (Lipinski definition) is 1. The molecular weight excluding hydrogens is 571 g/mol. The normalized spacial score (nSPS) is 14.5. The van der Waals surface area contributed by atoms with E-state index in [9.17, 15) is 4.79 Å². The lowest BCUT2D eigenvalue weighted by Gasteiger charge is -2.30. The van der Waals surface area contributed by atoms with Crippen molar-refractivity contribution in [1.29, 1.82) is 0 Å². The molecule has 0 spiro atoms. The van der Waals surface area contributed by atoms with Crippen molar-refractivity contribution in [2.75, 3.05) is 11.1 Å². The first kappa shape index (κ1) is 26.5. The number of hydrogen-bond acceptors (Lipinski definition) is 8. The van der Waals surface area contributed by atoms with E-state index in [1.165, 1.54) is 27.8 Å². The first-order valence-electron chi connectivity index (χ1n) is 13.4. The molecule has 1 aliphatic heterocycles. The number of rotatable bonds is 7. The van der Waals surface area contributed by atoms with Gasteiger partial charge in [-0.1, -0.05) is 90.3 Å². The average Bonchev–Trinajstić information content (AvgIpc) is 3.56. The Balaban J connectivity index is 1.23. The molecule has 0 atom stereocenters. The molecule has 0 radical (unpaired) electrons. The van der Waals surface area contributed by atoms with Crippen LogP contribution >= 0.6 is 34.9 Å². The number of anilines is 1. The van der Waals surface area contributed by atoms with Gasteiger partial charge in [0.15, 0.2) is 16.0 Å². The van der Waals surface area contributed by atoms with Crippen molar-refractivity contribution in [1.82, 2.24) is 19.6 Å². The molecule has 0 fully saturated rings. The maximum Gasteiger partial charge on any atom is 0.234 e. The van der Waals surface area contributed by atoms with Crippen molar-refractivity contribution in [2.24, 2.45) is 0 Å². The fourth-order valence-corrected chi connectivity index (χ4v) is 8.04. The molecule has 41 heavy (non-hydrogen) atoms. The third kappa shape index (κ3) is 5.21. The van der Waals surface area contributed by atoms with Crippen molar-refractivity contribution >= 4 is 73.1 Å². The second-order valence-corrected chi connectivity index (χ2v) is 13.6. The molecule has 4 heterocycles. The summed E-state index contributed by atoms with van der Waals surface area (Å²) in [5.74, 6) is 0.870. The Labute approximate surface area is 249 Å². The van der Waals surface area contributed by atoms with Crippen LogP contribution in [-0.2, 0) is 28.3 Å². The third-order valence-corrected chi connectivity index (χ3v) is 10.2. The van der Waals surface area contributed by atoms with Gasteiger partial charge in [0.25, 0.3) is 0 Å². The summed E-state index contributed by atoms with van der Waals surface area (Å²) in [6, 6.07) is 24.3. The van der Waals surface area contributed by atoms with Gasteiger partial charge >= 0.3 is 0 Å². The van der Waals surface area contributed by atoms with Crippen LogP contribution in [0.4, 0.5) is 5.69 Å². The van der Waals surface area contributed by atoms with E-state index >= 15 is 0 Å². The largest absolute Gasteiger partial charge is 0.370 e. The first-order valence-corrected chi connectivity index (χ1v) is 16.1. The zero-order valence-electron chi connectivity index (χ0n) is 22.6. The monoisotopic (exact) mass is 597 g/mol. The van der Waals surface area contributed by atoms with Crippen LogP contribution in [0.15, 0.2) is 83.1 Å². The molecule has 0 aliphatic carbocycles. The smallest absolute Gasteiger partial charge is 0.234 e. The quantitative estimate of drug-likeness (QED) is 0.152. The maximum atomic E-state index is 13.1. The summed E-state index contributed by atoms with van der Waals surface area (Å²) >= 11 is 4.71. The van der Waals surface area contributed by atoms with E-state index in [1.807, 2.05) is 65.1 Å². The van der Waals surface area contributed by atoms with Crippen LogP contribution in [-0.4, -0.2) is 36.8 Å². The van der Waals surface area contributed by atoms with Crippen LogP contribution in [0.3, 0.4) is 0 Å². The molecular formula is C31H27N5O2S3. The Kier molecular flexibility index (Phi) is 6.94. The van der Waals surface area contributed by atoms with Crippen molar-refractivity contribution in [3.8, 4) is 0 Å². The Morgan fingerprint density at radius 3 is 2.68 bits per heavy atom. The maximum absolute atomic E-state index is 13.1. The van der Waals surface area contributed by atoms with Gasteiger partial charge in [0, 0.05) is 28.1 Å². The summed E-state index contributed by atoms with van der Waals surface area (Å²) in [5.41, 5.74) is 3.80. The van der Waals surface area contributed by atoms with Gasteiger partial charge in [0.2, 0.25) is 5.91 Å². The Bertz CT molecular complexity index is 1910. The van der Waals surface area contributed by atoms with E-state index in [0.717, 1.165) is 49.7 Å². The summed E-state index contributed by atoms with van der Waals surface area (Å²) in [6.07, 6.45) is 0.791. The molecule has 10 heteroatoms. The Morgan fingerprint density at radius 2 is 1.80 bits per heavy atom. The number of nitrogens with one attached hydrogen (secondary N) is 1.